The molecule has 0 radical (unpaired) electrons. The van der Waals surface area contributed by atoms with E-state index < -0.39 is 16.1 Å². The zero-order valence-corrected chi connectivity index (χ0v) is 12.2. The molecule has 0 spiro atoms. The fraction of sp³-hybridized carbons (Fsp3) is 0.462. The highest BCUT2D eigenvalue weighted by atomic mass is 32.2. The maximum Gasteiger partial charge on any atom is 0.260 e. The highest BCUT2D eigenvalue weighted by molar-refractivity contribution is 7.89. The summed E-state index contributed by atoms with van der Waals surface area (Å²) in [7, 11) is -1.92. The van der Waals surface area contributed by atoms with E-state index >= 15 is 0 Å². The van der Waals surface area contributed by atoms with E-state index in [-0.39, 0.29) is 16.8 Å². The second-order valence-corrected chi connectivity index (χ2v) is 6.46. The van der Waals surface area contributed by atoms with Crippen LogP contribution in [0, 0.1) is 0 Å². The van der Waals surface area contributed by atoms with Gasteiger partial charge in [-0.2, -0.15) is 0 Å². The van der Waals surface area contributed by atoms with Crippen molar-refractivity contribution in [3.05, 3.63) is 24.3 Å². The van der Waals surface area contributed by atoms with Crippen molar-refractivity contribution in [3.63, 3.8) is 0 Å². The molecule has 0 heterocycles. The maximum absolute atomic E-state index is 12.0. The Morgan fingerprint density at radius 1 is 1.30 bits per heavy atom. The standard InChI is InChI=1S/C13H18N2O4S/c1-9(13(16)14-2)19-11-5-7-12(8-6-11)20(17,18)15-10-3-4-10/h5-10,15H,3-4H2,1-2H3,(H,14,16)/t9-/m1/s1. The summed E-state index contributed by atoms with van der Waals surface area (Å²) in [6, 6.07) is 6.10. The van der Waals surface area contributed by atoms with Gasteiger partial charge in [0.05, 0.1) is 4.90 Å². The second kappa shape index (κ2) is 5.80. The van der Waals surface area contributed by atoms with Gasteiger partial charge in [0, 0.05) is 13.1 Å². The Morgan fingerprint density at radius 3 is 2.40 bits per heavy atom. The first-order valence-electron chi connectivity index (χ1n) is 6.43. The summed E-state index contributed by atoms with van der Waals surface area (Å²) in [4.78, 5) is 11.5. The van der Waals surface area contributed by atoms with Crippen molar-refractivity contribution >= 4 is 15.9 Å². The molecule has 0 aromatic heterocycles. The van der Waals surface area contributed by atoms with Crippen LogP contribution in [-0.4, -0.2) is 33.5 Å². The third-order valence-electron chi connectivity index (χ3n) is 2.96. The van der Waals surface area contributed by atoms with Crippen molar-refractivity contribution in [2.45, 2.75) is 36.8 Å². The van der Waals surface area contributed by atoms with Crippen LogP contribution >= 0.6 is 0 Å². The number of hydrogen-bond donors (Lipinski definition) is 2. The van der Waals surface area contributed by atoms with Gasteiger partial charge >= 0.3 is 0 Å². The molecule has 110 valence electrons. The summed E-state index contributed by atoms with van der Waals surface area (Å²) in [5.41, 5.74) is 0. The molecule has 0 aliphatic heterocycles. The molecule has 20 heavy (non-hydrogen) atoms. The van der Waals surface area contributed by atoms with Crippen molar-refractivity contribution in [2.75, 3.05) is 7.05 Å². The predicted molar refractivity (Wildman–Crippen MR) is 73.9 cm³/mol. The van der Waals surface area contributed by atoms with Gasteiger partial charge in [-0.1, -0.05) is 0 Å². The molecule has 0 unspecified atom stereocenters. The van der Waals surface area contributed by atoms with E-state index in [2.05, 4.69) is 10.0 Å². The Hall–Kier alpha value is -1.60. The van der Waals surface area contributed by atoms with Gasteiger partial charge in [-0.15, -0.1) is 0 Å². The lowest BCUT2D eigenvalue weighted by Gasteiger charge is -2.13. The Kier molecular flexibility index (Phi) is 4.29. The van der Waals surface area contributed by atoms with Crippen LogP contribution in [0.4, 0.5) is 0 Å². The van der Waals surface area contributed by atoms with Gasteiger partial charge in [0.15, 0.2) is 6.10 Å². The fourth-order valence-electron chi connectivity index (χ4n) is 1.65. The highest BCUT2D eigenvalue weighted by Crippen LogP contribution is 2.23. The van der Waals surface area contributed by atoms with Crippen LogP contribution in [0.3, 0.4) is 0 Å². The lowest BCUT2D eigenvalue weighted by atomic mass is 10.3. The first kappa shape index (κ1) is 14.8. The third-order valence-corrected chi connectivity index (χ3v) is 4.50. The van der Waals surface area contributed by atoms with Gasteiger partial charge < -0.3 is 10.1 Å². The summed E-state index contributed by atoms with van der Waals surface area (Å²) in [6.07, 6.45) is 1.15. The van der Waals surface area contributed by atoms with E-state index in [9.17, 15) is 13.2 Å². The number of hydrogen-bond acceptors (Lipinski definition) is 4. The Bertz CT molecular complexity index is 579. The minimum absolute atomic E-state index is 0.0733. The molecule has 1 aromatic carbocycles. The third kappa shape index (κ3) is 3.71. The Balaban J connectivity index is 2.04. The van der Waals surface area contributed by atoms with Crippen molar-refractivity contribution in [1.29, 1.82) is 0 Å². The van der Waals surface area contributed by atoms with Crippen LogP contribution in [-0.2, 0) is 14.8 Å². The number of nitrogens with one attached hydrogen (secondary N) is 2. The lowest BCUT2D eigenvalue weighted by molar-refractivity contribution is -0.126. The molecule has 0 saturated heterocycles. The monoisotopic (exact) mass is 298 g/mol. The smallest absolute Gasteiger partial charge is 0.260 e. The number of rotatable bonds is 6. The predicted octanol–water partition coefficient (Wildman–Crippen LogP) is 0.641. The van der Waals surface area contributed by atoms with Crippen LogP contribution in [0.1, 0.15) is 19.8 Å². The maximum atomic E-state index is 12.0. The van der Waals surface area contributed by atoms with Gasteiger partial charge in [0.2, 0.25) is 10.0 Å². The zero-order valence-electron chi connectivity index (χ0n) is 11.4. The van der Waals surface area contributed by atoms with E-state index in [0.29, 0.717) is 5.75 Å². The molecule has 7 heteroatoms. The Morgan fingerprint density at radius 2 is 1.90 bits per heavy atom. The molecule has 0 bridgehead atoms. The van der Waals surface area contributed by atoms with Gasteiger partial charge in [-0.3, -0.25) is 4.79 Å². The second-order valence-electron chi connectivity index (χ2n) is 4.74. The number of amides is 1. The highest BCUT2D eigenvalue weighted by Gasteiger charge is 2.27. The Labute approximate surface area is 118 Å². The van der Waals surface area contributed by atoms with Crippen LogP contribution < -0.4 is 14.8 Å². The number of benzene rings is 1. The summed E-state index contributed by atoms with van der Waals surface area (Å²) >= 11 is 0. The molecule has 2 N–H and O–H groups in total. The molecular formula is C13H18N2O4S. The first-order valence-corrected chi connectivity index (χ1v) is 7.91. The van der Waals surface area contributed by atoms with Crippen molar-refractivity contribution in [2.24, 2.45) is 0 Å². The van der Waals surface area contributed by atoms with Crippen LogP contribution in [0.25, 0.3) is 0 Å². The number of carbonyl (C=O) groups excluding carboxylic acids is 1. The molecule has 1 atom stereocenters. The van der Waals surface area contributed by atoms with Crippen molar-refractivity contribution < 1.29 is 17.9 Å². The van der Waals surface area contributed by atoms with Gasteiger partial charge in [0.25, 0.3) is 5.91 Å². The molecule has 6 nitrogen and oxygen atoms in total. The quantitative estimate of drug-likeness (QED) is 0.807. The molecule has 1 saturated carbocycles. The molecule has 1 aliphatic carbocycles. The molecular weight excluding hydrogens is 280 g/mol. The summed E-state index contributed by atoms with van der Waals surface area (Å²) in [5, 5.41) is 2.48. The minimum Gasteiger partial charge on any atom is -0.481 e. The van der Waals surface area contributed by atoms with Gasteiger partial charge in [-0.05, 0) is 44.0 Å². The van der Waals surface area contributed by atoms with Crippen molar-refractivity contribution in [3.8, 4) is 5.75 Å². The van der Waals surface area contributed by atoms with Crippen LogP contribution in [0.5, 0.6) is 5.75 Å². The van der Waals surface area contributed by atoms with E-state index in [4.69, 9.17) is 4.74 Å². The topological polar surface area (TPSA) is 84.5 Å². The largest absolute Gasteiger partial charge is 0.481 e. The average molecular weight is 298 g/mol. The number of sulfonamides is 1. The average Bonchev–Trinajstić information content (AvgIpc) is 3.21. The summed E-state index contributed by atoms with van der Waals surface area (Å²) in [5.74, 6) is 0.212. The van der Waals surface area contributed by atoms with Crippen molar-refractivity contribution in [1.82, 2.24) is 10.0 Å². The zero-order chi connectivity index (χ0) is 14.8. The SMILES string of the molecule is CNC(=O)[C@@H](C)Oc1ccc(S(=O)(=O)NC2CC2)cc1. The van der Waals surface area contributed by atoms with Crippen LogP contribution in [0.15, 0.2) is 29.2 Å². The molecule has 1 aliphatic rings. The molecule has 1 fully saturated rings. The first-order chi connectivity index (χ1) is 9.42. The molecule has 1 amide bonds. The van der Waals surface area contributed by atoms with E-state index in [1.165, 1.54) is 19.2 Å². The lowest BCUT2D eigenvalue weighted by Crippen LogP contribution is -2.33. The van der Waals surface area contributed by atoms with E-state index in [0.717, 1.165) is 12.8 Å². The number of likely N-dealkylation sites (N-methyl/N-ethyl adjacent to an activating group) is 1. The fourth-order valence-corrected chi connectivity index (χ4v) is 2.95. The summed E-state index contributed by atoms with van der Waals surface area (Å²) in [6.45, 7) is 1.62. The minimum atomic E-state index is -3.45. The molecule has 1 aromatic rings. The number of carbonyl (C=O) groups is 1. The molecule has 2 rings (SSSR count). The van der Waals surface area contributed by atoms with Crippen LogP contribution in [0.2, 0.25) is 0 Å². The number of ether oxygens (including phenoxy) is 1. The van der Waals surface area contributed by atoms with E-state index in [1.54, 1.807) is 19.1 Å². The van der Waals surface area contributed by atoms with Gasteiger partial charge in [0.1, 0.15) is 5.75 Å². The van der Waals surface area contributed by atoms with Gasteiger partial charge in [-0.25, -0.2) is 13.1 Å². The van der Waals surface area contributed by atoms with E-state index in [1.807, 2.05) is 0 Å². The normalized spacial score (nSPS) is 16.5. The summed E-state index contributed by atoms with van der Waals surface area (Å²) < 4.78 is 31.9.